The van der Waals surface area contributed by atoms with Crippen LogP contribution in [0, 0.1) is 5.92 Å². The maximum Gasteiger partial charge on any atom is 0.268 e. The number of nitrogens with one attached hydrogen (secondary N) is 1. The molecular formula is C15H21BrN2O. The van der Waals surface area contributed by atoms with Crippen LogP contribution in [0.15, 0.2) is 16.7 Å². The fraction of sp³-hybridized carbons (Fsp3) is 0.667. The summed E-state index contributed by atoms with van der Waals surface area (Å²) in [4.78, 5) is 12.4. The Morgan fingerprint density at radius 1 is 1.37 bits per heavy atom. The van der Waals surface area contributed by atoms with Gasteiger partial charge in [-0.15, -0.1) is 0 Å². The Bertz CT molecular complexity index is 478. The normalized spacial score (nSPS) is 27.3. The predicted molar refractivity (Wildman–Crippen MR) is 79.3 cm³/mol. The SMILES string of the molecule is CC1CCCC(NC(=O)c2cc(Br)cn2C2CC2)C1. The van der Waals surface area contributed by atoms with Crippen molar-refractivity contribution in [3.05, 3.63) is 22.4 Å². The zero-order valence-electron chi connectivity index (χ0n) is 11.4. The second kappa shape index (κ2) is 5.31. The molecule has 1 aromatic rings. The van der Waals surface area contributed by atoms with E-state index in [1.54, 1.807) is 0 Å². The van der Waals surface area contributed by atoms with Gasteiger partial charge in [0, 0.05) is 22.8 Å². The lowest BCUT2D eigenvalue weighted by Crippen LogP contribution is -2.38. The van der Waals surface area contributed by atoms with Gasteiger partial charge in [0.05, 0.1) is 0 Å². The lowest BCUT2D eigenvalue weighted by Gasteiger charge is -2.27. The van der Waals surface area contributed by atoms with E-state index in [9.17, 15) is 4.79 Å². The molecule has 1 amide bonds. The molecule has 19 heavy (non-hydrogen) atoms. The lowest BCUT2D eigenvalue weighted by molar-refractivity contribution is 0.0911. The van der Waals surface area contributed by atoms with Crippen LogP contribution in [0.3, 0.4) is 0 Å². The highest BCUT2D eigenvalue weighted by molar-refractivity contribution is 9.10. The van der Waals surface area contributed by atoms with Gasteiger partial charge in [-0.25, -0.2) is 0 Å². The Balaban J connectivity index is 1.69. The molecule has 2 aliphatic rings. The Hall–Kier alpha value is -0.770. The second-order valence-corrected chi connectivity index (χ2v) is 7.04. The highest BCUT2D eigenvalue weighted by atomic mass is 79.9. The molecule has 2 atom stereocenters. The minimum Gasteiger partial charge on any atom is -0.348 e. The lowest BCUT2D eigenvalue weighted by atomic mass is 9.87. The van der Waals surface area contributed by atoms with Crippen LogP contribution in [0.25, 0.3) is 0 Å². The average molecular weight is 325 g/mol. The van der Waals surface area contributed by atoms with Crippen molar-refractivity contribution in [2.24, 2.45) is 5.92 Å². The first kappa shape index (κ1) is 13.2. The molecule has 0 spiro atoms. The predicted octanol–water partition coefficient (Wildman–Crippen LogP) is 3.89. The number of amides is 1. The topological polar surface area (TPSA) is 34.0 Å². The second-order valence-electron chi connectivity index (χ2n) is 6.12. The minimum absolute atomic E-state index is 0.0942. The minimum atomic E-state index is 0.0942. The van der Waals surface area contributed by atoms with Crippen molar-refractivity contribution in [3.63, 3.8) is 0 Å². The highest BCUT2D eigenvalue weighted by Crippen LogP contribution is 2.37. The van der Waals surface area contributed by atoms with E-state index in [0.29, 0.717) is 12.1 Å². The molecule has 1 heterocycles. The largest absolute Gasteiger partial charge is 0.348 e. The average Bonchev–Trinajstić information content (AvgIpc) is 3.12. The Morgan fingerprint density at radius 2 is 2.16 bits per heavy atom. The first-order chi connectivity index (χ1) is 9.13. The molecule has 2 aliphatic carbocycles. The zero-order valence-corrected chi connectivity index (χ0v) is 12.9. The third-order valence-electron chi connectivity index (χ3n) is 4.26. The van der Waals surface area contributed by atoms with Crippen LogP contribution in [0.2, 0.25) is 0 Å². The number of nitrogens with zero attached hydrogens (tertiary/aromatic N) is 1. The van der Waals surface area contributed by atoms with E-state index in [1.807, 2.05) is 12.3 Å². The molecule has 3 rings (SSSR count). The molecule has 2 unspecified atom stereocenters. The molecule has 2 saturated carbocycles. The van der Waals surface area contributed by atoms with Crippen molar-refractivity contribution in [2.45, 2.75) is 57.5 Å². The summed E-state index contributed by atoms with van der Waals surface area (Å²) < 4.78 is 3.13. The molecule has 0 radical (unpaired) electrons. The van der Waals surface area contributed by atoms with Crippen LogP contribution >= 0.6 is 15.9 Å². The summed E-state index contributed by atoms with van der Waals surface area (Å²) in [5.74, 6) is 0.831. The van der Waals surface area contributed by atoms with Crippen LogP contribution < -0.4 is 5.32 Å². The molecular weight excluding hydrogens is 304 g/mol. The standard InChI is InChI=1S/C15H21BrN2O/c1-10-3-2-4-12(7-10)17-15(19)14-8-11(16)9-18(14)13-5-6-13/h8-10,12-13H,2-7H2,1H3,(H,17,19). The van der Waals surface area contributed by atoms with Crippen molar-refractivity contribution in [1.29, 1.82) is 0 Å². The van der Waals surface area contributed by atoms with Gasteiger partial charge in [-0.1, -0.05) is 19.8 Å². The summed E-state index contributed by atoms with van der Waals surface area (Å²) in [6, 6.07) is 2.84. The van der Waals surface area contributed by atoms with Gasteiger partial charge >= 0.3 is 0 Å². The van der Waals surface area contributed by atoms with Gasteiger partial charge in [-0.3, -0.25) is 4.79 Å². The first-order valence-electron chi connectivity index (χ1n) is 7.31. The first-order valence-corrected chi connectivity index (χ1v) is 8.11. The van der Waals surface area contributed by atoms with Gasteiger partial charge in [-0.2, -0.15) is 0 Å². The number of hydrogen-bond donors (Lipinski definition) is 1. The molecule has 0 bridgehead atoms. The van der Waals surface area contributed by atoms with Crippen LogP contribution in [0.5, 0.6) is 0 Å². The number of rotatable bonds is 3. The number of carbonyl (C=O) groups excluding carboxylic acids is 1. The molecule has 0 aliphatic heterocycles. The van der Waals surface area contributed by atoms with Crippen LogP contribution in [-0.2, 0) is 0 Å². The van der Waals surface area contributed by atoms with E-state index >= 15 is 0 Å². The van der Waals surface area contributed by atoms with Crippen molar-refractivity contribution in [1.82, 2.24) is 9.88 Å². The number of hydrogen-bond acceptors (Lipinski definition) is 1. The molecule has 4 heteroatoms. The van der Waals surface area contributed by atoms with Crippen molar-refractivity contribution >= 4 is 21.8 Å². The molecule has 2 fully saturated rings. The van der Waals surface area contributed by atoms with E-state index in [-0.39, 0.29) is 5.91 Å². The van der Waals surface area contributed by atoms with Crippen LogP contribution in [0.1, 0.15) is 62.0 Å². The highest BCUT2D eigenvalue weighted by Gasteiger charge is 2.29. The van der Waals surface area contributed by atoms with Crippen molar-refractivity contribution < 1.29 is 4.79 Å². The fourth-order valence-corrected chi connectivity index (χ4v) is 3.54. The van der Waals surface area contributed by atoms with Gasteiger partial charge in [0.1, 0.15) is 5.69 Å². The summed E-state index contributed by atoms with van der Waals surface area (Å²) in [6.07, 6.45) is 9.22. The Labute approximate surface area is 122 Å². The van der Waals surface area contributed by atoms with Gasteiger partial charge in [0.2, 0.25) is 0 Å². The maximum absolute atomic E-state index is 12.4. The van der Waals surface area contributed by atoms with Gasteiger partial charge in [0.25, 0.3) is 5.91 Å². The van der Waals surface area contributed by atoms with Crippen LogP contribution in [-0.4, -0.2) is 16.5 Å². The van der Waals surface area contributed by atoms with Crippen molar-refractivity contribution in [2.75, 3.05) is 0 Å². The van der Waals surface area contributed by atoms with E-state index in [0.717, 1.165) is 28.9 Å². The van der Waals surface area contributed by atoms with E-state index in [1.165, 1.54) is 25.7 Å². The van der Waals surface area contributed by atoms with Gasteiger partial charge in [0.15, 0.2) is 0 Å². The third-order valence-corrected chi connectivity index (χ3v) is 4.69. The Morgan fingerprint density at radius 3 is 2.84 bits per heavy atom. The van der Waals surface area contributed by atoms with Crippen molar-refractivity contribution in [3.8, 4) is 0 Å². The van der Waals surface area contributed by atoms with E-state index in [2.05, 4.69) is 32.7 Å². The van der Waals surface area contributed by atoms with Gasteiger partial charge < -0.3 is 9.88 Å². The van der Waals surface area contributed by atoms with Gasteiger partial charge in [-0.05, 0) is 53.6 Å². The molecule has 1 N–H and O–H groups in total. The number of halogens is 1. The summed E-state index contributed by atoms with van der Waals surface area (Å²) in [6.45, 7) is 2.28. The zero-order chi connectivity index (χ0) is 13.4. The Kier molecular flexibility index (Phi) is 3.70. The number of carbonyl (C=O) groups is 1. The summed E-state index contributed by atoms with van der Waals surface area (Å²) >= 11 is 3.48. The smallest absolute Gasteiger partial charge is 0.268 e. The third kappa shape index (κ3) is 3.04. The molecule has 3 nitrogen and oxygen atoms in total. The van der Waals surface area contributed by atoms with E-state index in [4.69, 9.17) is 0 Å². The monoisotopic (exact) mass is 324 g/mol. The summed E-state index contributed by atoms with van der Waals surface area (Å²) in [7, 11) is 0. The number of aromatic nitrogens is 1. The maximum atomic E-state index is 12.4. The van der Waals surface area contributed by atoms with Crippen LogP contribution in [0.4, 0.5) is 0 Å². The quantitative estimate of drug-likeness (QED) is 0.899. The summed E-state index contributed by atoms with van der Waals surface area (Å²) in [5.41, 5.74) is 0.813. The van der Waals surface area contributed by atoms with E-state index < -0.39 is 0 Å². The summed E-state index contributed by atoms with van der Waals surface area (Å²) in [5, 5.41) is 3.22. The molecule has 104 valence electrons. The fourth-order valence-electron chi connectivity index (χ4n) is 3.11. The molecule has 0 saturated heterocycles. The molecule has 1 aromatic heterocycles. The molecule has 0 aromatic carbocycles.